The average Bonchev–Trinajstić information content (AvgIpc) is 2.90. The van der Waals surface area contributed by atoms with Crippen LogP contribution in [0.15, 0.2) is 48.5 Å². The zero-order valence-corrected chi connectivity index (χ0v) is 15.2. The third-order valence-electron chi connectivity index (χ3n) is 4.31. The second-order valence-electron chi connectivity index (χ2n) is 5.88. The van der Waals surface area contributed by atoms with Crippen LogP contribution in [0.2, 0.25) is 0 Å². The molecule has 1 aliphatic rings. The van der Waals surface area contributed by atoms with Gasteiger partial charge in [0, 0.05) is 9.49 Å². The van der Waals surface area contributed by atoms with Gasteiger partial charge in [-0.05, 0) is 70.8 Å². The second-order valence-corrected chi connectivity index (χ2v) is 7.13. The summed E-state index contributed by atoms with van der Waals surface area (Å²) in [4.78, 5) is 12.1. The molecule has 3 nitrogen and oxygen atoms in total. The number of cyclic esters (lactones) is 1. The highest BCUT2D eigenvalue weighted by molar-refractivity contribution is 14.1. The predicted molar refractivity (Wildman–Crippen MR) is 97.5 cm³/mol. The fourth-order valence-corrected chi connectivity index (χ4v) is 3.39. The smallest absolute Gasteiger partial charge is 0.309 e. The van der Waals surface area contributed by atoms with Crippen molar-refractivity contribution in [2.24, 2.45) is 11.8 Å². The maximum absolute atomic E-state index is 12.1. The SMILES string of the molecule is COc1cccc(C[C@H]2COC(=O)[C@@H]2Cc2ccc(I)cc2)c1. The molecule has 4 heteroatoms. The van der Waals surface area contributed by atoms with E-state index < -0.39 is 0 Å². The largest absolute Gasteiger partial charge is 0.497 e. The van der Waals surface area contributed by atoms with E-state index in [1.807, 2.05) is 18.2 Å². The summed E-state index contributed by atoms with van der Waals surface area (Å²) in [6.45, 7) is 0.505. The standard InChI is InChI=1S/C19H19IO3/c1-22-17-4-2-3-14(10-17)9-15-12-23-19(21)18(15)11-13-5-7-16(20)8-6-13/h2-8,10,15,18H,9,11-12H2,1H3/t15-,18+/m0/s1. The van der Waals surface area contributed by atoms with Crippen molar-refractivity contribution in [1.29, 1.82) is 0 Å². The van der Waals surface area contributed by atoms with Crippen LogP contribution >= 0.6 is 22.6 Å². The Labute approximate surface area is 150 Å². The van der Waals surface area contributed by atoms with Crippen molar-refractivity contribution >= 4 is 28.6 Å². The Morgan fingerprint density at radius 2 is 1.91 bits per heavy atom. The van der Waals surface area contributed by atoms with Crippen molar-refractivity contribution < 1.29 is 14.3 Å². The molecule has 0 radical (unpaired) electrons. The zero-order valence-electron chi connectivity index (χ0n) is 13.0. The van der Waals surface area contributed by atoms with Gasteiger partial charge in [0.1, 0.15) is 5.75 Å². The lowest BCUT2D eigenvalue weighted by atomic mass is 9.85. The summed E-state index contributed by atoms with van der Waals surface area (Å²) in [7, 11) is 1.67. The zero-order chi connectivity index (χ0) is 16.2. The van der Waals surface area contributed by atoms with E-state index in [-0.39, 0.29) is 17.8 Å². The Kier molecular flexibility index (Phi) is 5.20. The molecule has 1 aliphatic heterocycles. The summed E-state index contributed by atoms with van der Waals surface area (Å²) < 4.78 is 11.8. The Hall–Kier alpha value is -1.56. The molecule has 120 valence electrons. The number of rotatable bonds is 5. The Bertz CT molecular complexity index is 681. The van der Waals surface area contributed by atoms with Crippen molar-refractivity contribution in [3.8, 4) is 5.75 Å². The lowest BCUT2D eigenvalue weighted by Gasteiger charge is -2.16. The van der Waals surface area contributed by atoms with Crippen molar-refractivity contribution in [2.75, 3.05) is 13.7 Å². The monoisotopic (exact) mass is 422 g/mol. The molecule has 2 atom stereocenters. The van der Waals surface area contributed by atoms with E-state index in [4.69, 9.17) is 9.47 Å². The van der Waals surface area contributed by atoms with Gasteiger partial charge in [-0.2, -0.15) is 0 Å². The number of halogens is 1. The minimum atomic E-state index is -0.0727. The van der Waals surface area contributed by atoms with Crippen molar-refractivity contribution in [3.05, 3.63) is 63.2 Å². The van der Waals surface area contributed by atoms with Crippen LogP contribution in [0.4, 0.5) is 0 Å². The number of hydrogen-bond acceptors (Lipinski definition) is 3. The third kappa shape index (κ3) is 4.05. The van der Waals surface area contributed by atoms with E-state index in [9.17, 15) is 4.79 Å². The summed E-state index contributed by atoms with van der Waals surface area (Å²) in [6.07, 6.45) is 1.57. The number of methoxy groups -OCH3 is 1. The van der Waals surface area contributed by atoms with Gasteiger partial charge >= 0.3 is 5.97 Å². The van der Waals surface area contributed by atoms with Crippen LogP contribution in [-0.4, -0.2) is 19.7 Å². The number of carbonyl (C=O) groups is 1. The average molecular weight is 422 g/mol. The molecule has 1 saturated heterocycles. The van der Waals surface area contributed by atoms with Gasteiger partial charge in [0.05, 0.1) is 19.6 Å². The van der Waals surface area contributed by atoms with Gasteiger partial charge in [0.15, 0.2) is 0 Å². The first-order valence-corrected chi connectivity index (χ1v) is 8.77. The van der Waals surface area contributed by atoms with Crippen LogP contribution in [0.1, 0.15) is 11.1 Å². The van der Waals surface area contributed by atoms with Gasteiger partial charge in [0.2, 0.25) is 0 Å². The normalized spacial score (nSPS) is 20.3. The van der Waals surface area contributed by atoms with Gasteiger partial charge in [-0.15, -0.1) is 0 Å². The highest BCUT2D eigenvalue weighted by Crippen LogP contribution is 2.30. The van der Waals surface area contributed by atoms with E-state index in [2.05, 4.69) is 52.9 Å². The Morgan fingerprint density at radius 1 is 1.13 bits per heavy atom. The number of esters is 1. The first-order chi connectivity index (χ1) is 11.2. The first-order valence-electron chi connectivity index (χ1n) is 7.69. The molecule has 1 heterocycles. The lowest BCUT2D eigenvalue weighted by Crippen LogP contribution is -2.20. The van der Waals surface area contributed by atoms with Gasteiger partial charge in [-0.1, -0.05) is 24.3 Å². The Balaban J connectivity index is 1.72. The molecule has 0 amide bonds. The molecule has 3 rings (SSSR count). The maximum Gasteiger partial charge on any atom is 0.309 e. The van der Waals surface area contributed by atoms with E-state index in [1.54, 1.807) is 7.11 Å². The Morgan fingerprint density at radius 3 is 2.65 bits per heavy atom. The highest BCUT2D eigenvalue weighted by atomic mass is 127. The summed E-state index contributed by atoms with van der Waals surface area (Å²) in [6, 6.07) is 16.4. The highest BCUT2D eigenvalue weighted by Gasteiger charge is 2.36. The minimum Gasteiger partial charge on any atom is -0.497 e. The van der Waals surface area contributed by atoms with Gasteiger partial charge in [-0.3, -0.25) is 4.79 Å². The van der Waals surface area contributed by atoms with Crippen LogP contribution in [0.25, 0.3) is 0 Å². The number of ether oxygens (including phenoxy) is 2. The molecule has 0 aliphatic carbocycles. The first kappa shape index (κ1) is 16.3. The summed E-state index contributed by atoms with van der Waals surface area (Å²) >= 11 is 2.29. The van der Waals surface area contributed by atoms with E-state index >= 15 is 0 Å². The van der Waals surface area contributed by atoms with Crippen LogP contribution in [0.5, 0.6) is 5.75 Å². The van der Waals surface area contributed by atoms with Crippen molar-refractivity contribution in [2.45, 2.75) is 12.8 Å². The minimum absolute atomic E-state index is 0.0683. The molecule has 0 saturated carbocycles. The molecule has 0 spiro atoms. The number of hydrogen-bond donors (Lipinski definition) is 0. The number of benzene rings is 2. The van der Waals surface area contributed by atoms with Crippen LogP contribution in [0.3, 0.4) is 0 Å². The van der Waals surface area contributed by atoms with E-state index in [0.717, 1.165) is 18.6 Å². The van der Waals surface area contributed by atoms with Gasteiger partial charge in [0.25, 0.3) is 0 Å². The topological polar surface area (TPSA) is 35.5 Å². The van der Waals surface area contributed by atoms with E-state index in [0.29, 0.717) is 6.61 Å². The summed E-state index contributed by atoms with van der Waals surface area (Å²) in [5, 5.41) is 0. The molecular formula is C19H19IO3. The molecule has 0 bridgehead atoms. The maximum atomic E-state index is 12.1. The van der Waals surface area contributed by atoms with Crippen molar-refractivity contribution in [3.63, 3.8) is 0 Å². The predicted octanol–water partition coefficient (Wildman–Crippen LogP) is 3.87. The lowest BCUT2D eigenvalue weighted by molar-refractivity contribution is -0.141. The van der Waals surface area contributed by atoms with Crippen LogP contribution in [0, 0.1) is 15.4 Å². The van der Waals surface area contributed by atoms with Gasteiger partial charge in [-0.25, -0.2) is 0 Å². The molecule has 2 aromatic rings. The summed E-state index contributed by atoms with van der Waals surface area (Å²) in [5.41, 5.74) is 2.37. The fraction of sp³-hybridized carbons (Fsp3) is 0.316. The second kappa shape index (κ2) is 7.34. The van der Waals surface area contributed by atoms with Gasteiger partial charge < -0.3 is 9.47 Å². The van der Waals surface area contributed by atoms with E-state index in [1.165, 1.54) is 14.7 Å². The molecule has 0 N–H and O–H groups in total. The van der Waals surface area contributed by atoms with Crippen LogP contribution in [-0.2, 0) is 22.4 Å². The van der Waals surface area contributed by atoms with Crippen molar-refractivity contribution in [1.82, 2.24) is 0 Å². The molecule has 23 heavy (non-hydrogen) atoms. The molecule has 2 aromatic carbocycles. The number of carbonyl (C=O) groups excluding carboxylic acids is 1. The third-order valence-corrected chi connectivity index (χ3v) is 5.03. The molecular weight excluding hydrogens is 403 g/mol. The van der Waals surface area contributed by atoms with Crippen LogP contribution < -0.4 is 4.74 Å². The molecule has 0 unspecified atom stereocenters. The fourth-order valence-electron chi connectivity index (χ4n) is 3.03. The summed E-state index contributed by atoms with van der Waals surface area (Å²) in [5.74, 6) is 0.925. The quantitative estimate of drug-likeness (QED) is 0.542. The molecule has 0 aromatic heterocycles. The molecule has 1 fully saturated rings.